The minimum absolute atomic E-state index is 0.708. The molecule has 1 aromatic heterocycles. The lowest BCUT2D eigenvalue weighted by Crippen LogP contribution is -2.41. The van der Waals surface area contributed by atoms with Gasteiger partial charge >= 0.3 is 0 Å². The fraction of sp³-hybridized carbons (Fsp3) is 0.692. The molecule has 0 aliphatic heterocycles. The molecule has 1 aromatic rings. The molecule has 1 N–H and O–H groups in total. The summed E-state index contributed by atoms with van der Waals surface area (Å²) in [5.74, 6) is 0.924. The third-order valence-electron chi connectivity index (χ3n) is 3.43. The van der Waals surface area contributed by atoms with E-state index in [0.717, 1.165) is 12.5 Å². The monoisotopic (exact) mass is 301 g/mol. The zero-order valence-corrected chi connectivity index (χ0v) is 12.2. The van der Waals surface area contributed by atoms with Crippen LogP contribution in [0.2, 0.25) is 0 Å². The predicted octanol–water partition coefficient (Wildman–Crippen LogP) is 4.22. The van der Waals surface area contributed by atoms with Crippen molar-refractivity contribution >= 4 is 27.3 Å². The van der Waals surface area contributed by atoms with Crippen molar-refractivity contribution in [3.8, 4) is 0 Å². The minimum atomic E-state index is 0.708. The Labute approximate surface area is 111 Å². The van der Waals surface area contributed by atoms with Crippen molar-refractivity contribution in [3.05, 3.63) is 20.8 Å². The summed E-state index contributed by atoms with van der Waals surface area (Å²) in [4.78, 5) is 1.51. The Balaban J connectivity index is 1.90. The maximum atomic E-state index is 3.72. The lowest BCUT2D eigenvalue weighted by atomic mass is 9.78. The van der Waals surface area contributed by atoms with E-state index in [0.29, 0.717) is 6.04 Å². The molecule has 1 fully saturated rings. The van der Waals surface area contributed by atoms with E-state index in [-0.39, 0.29) is 0 Å². The molecule has 1 unspecified atom stereocenters. The summed E-state index contributed by atoms with van der Waals surface area (Å²) >= 11 is 5.42. The van der Waals surface area contributed by atoms with Crippen molar-refractivity contribution in [2.75, 3.05) is 6.54 Å². The molecule has 0 saturated heterocycles. The van der Waals surface area contributed by atoms with Gasteiger partial charge in [0.05, 0.1) is 3.79 Å². The highest BCUT2D eigenvalue weighted by Crippen LogP contribution is 2.32. The Morgan fingerprint density at radius 3 is 2.81 bits per heavy atom. The van der Waals surface area contributed by atoms with Crippen molar-refractivity contribution in [1.82, 2.24) is 5.32 Å². The van der Waals surface area contributed by atoms with Crippen molar-refractivity contribution < 1.29 is 0 Å². The third-order valence-corrected chi connectivity index (χ3v) is 5.07. The molecule has 1 saturated carbocycles. The molecule has 0 radical (unpaired) electrons. The number of halogens is 1. The van der Waals surface area contributed by atoms with E-state index in [2.05, 4.69) is 40.3 Å². The standard InChI is InChI=1S/C13H20BrNS/c1-2-8-15-12(10-4-3-5-10)9-11-6-7-13(14)16-11/h6-7,10,12,15H,2-5,8-9H2,1H3. The smallest absolute Gasteiger partial charge is 0.0701 e. The van der Waals surface area contributed by atoms with Gasteiger partial charge in [0.1, 0.15) is 0 Å². The minimum Gasteiger partial charge on any atom is -0.313 e. The van der Waals surface area contributed by atoms with E-state index < -0.39 is 0 Å². The summed E-state index contributed by atoms with van der Waals surface area (Å²) in [7, 11) is 0. The van der Waals surface area contributed by atoms with Gasteiger partial charge in [0.2, 0.25) is 0 Å². The second-order valence-electron chi connectivity index (χ2n) is 4.66. The van der Waals surface area contributed by atoms with Crippen molar-refractivity contribution in [2.24, 2.45) is 5.92 Å². The van der Waals surface area contributed by atoms with E-state index in [1.807, 2.05) is 11.3 Å². The summed E-state index contributed by atoms with van der Waals surface area (Å²) in [5.41, 5.74) is 0. The predicted molar refractivity (Wildman–Crippen MR) is 75.1 cm³/mol. The molecule has 1 atom stereocenters. The summed E-state index contributed by atoms with van der Waals surface area (Å²) in [6.07, 6.45) is 6.73. The van der Waals surface area contributed by atoms with Crippen molar-refractivity contribution in [3.63, 3.8) is 0 Å². The van der Waals surface area contributed by atoms with Crippen LogP contribution in [-0.4, -0.2) is 12.6 Å². The Kier molecular flexibility index (Phi) is 4.86. The average Bonchev–Trinajstić information content (AvgIpc) is 2.58. The zero-order chi connectivity index (χ0) is 11.4. The molecule has 0 bridgehead atoms. The molecule has 0 spiro atoms. The van der Waals surface area contributed by atoms with Crippen molar-refractivity contribution in [1.29, 1.82) is 0 Å². The third kappa shape index (κ3) is 3.31. The van der Waals surface area contributed by atoms with E-state index in [1.165, 1.54) is 40.8 Å². The quantitative estimate of drug-likeness (QED) is 0.829. The summed E-state index contributed by atoms with van der Waals surface area (Å²) in [6, 6.07) is 5.13. The van der Waals surface area contributed by atoms with Crippen molar-refractivity contribution in [2.45, 2.75) is 45.1 Å². The zero-order valence-electron chi connectivity index (χ0n) is 9.84. The summed E-state index contributed by atoms with van der Waals surface area (Å²) in [5, 5.41) is 3.72. The molecule has 3 heteroatoms. The Morgan fingerprint density at radius 2 is 2.31 bits per heavy atom. The molecular formula is C13H20BrNS. The van der Waals surface area contributed by atoms with Crippen LogP contribution in [0.15, 0.2) is 15.9 Å². The van der Waals surface area contributed by atoms with Gasteiger partial charge in [-0.05, 0) is 66.2 Å². The second kappa shape index (κ2) is 6.18. The van der Waals surface area contributed by atoms with Gasteiger partial charge in [-0.15, -0.1) is 11.3 Å². The first kappa shape index (κ1) is 12.6. The lowest BCUT2D eigenvalue weighted by Gasteiger charge is -2.34. The van der Waals surface area contributed by atoms with Crippen LogP contribution in [0.25, 0.3) is 0 Å². The van der Waals surface area contributed by atoms with Crippen LogP contribution in [-0.2, 0) is 6.42 Å². The molecule has 1 heterocycles. The maximum absolute atomic E-state index is 3.72. The number of nitrogens with one attached hydrogen (secondary N) is 1. The van der Waals surface area contributed by atoms with Crippen LogP contribution < -0.4 is 5.32 Å². The van der Waals surface area contributed by atoms with Crippen LogP contribution in [0.3, 0.4) is 0 Å². The maximum Gasteiger partial charge on any atom is 0.0701 e. The van der Waals surface area contributed by atoms with Crippen LogP contribution in [0, 0.1) is 5.92 Å². The molecule has 90 valence electrons. The SMILES string of the molecule is CCCNC(Cc1ccc(Br)s1)C1CCC1. The van der Waals surface area contributed by atoms with E-state index >= 15 is 0 Å². The topological polar surface area (TPSA) is 12.0 Å². The molecule has 1 aliphatic carbocycles. The normalized spacial score (nSPS) is 18.4. The molecule has 2 rings (SSSR count). The van der Waals surface area contributed by atoms with Gasteiger partial charge in [0.25, 0.3) is 0 Å². The van der Waals surface area contributed by atoms with E-state index in [9.17, 15) is 0 Å². The first-order valence-corrected chi connectivity index (χ1v) is 7.88. The summed E-state index contributed by atoms with van der Waals surface area (Å²) < 4.78 is 1.25. The Morgan fingerprint density at radius 1 is 1.50 bits per heavy atom. The first-order chi connectivity index (χ1) is 7.79. The highest BCUT2D eigenvalue weighted by Gasteiger charge is 2.27. The van der Waals surface area contributed by atoms with Gasteiger partial charge in [-0.1, -0.05) is 13.3 Å². The fourth-order valence-electron chi connectivity index (χ4n) is 2.26. The number of hydrogen-bond acceptors (Lipinski definition) is 2. The van der Waals surface area contributed by atoms with E-state index in [4.69, 9.17) is 0 Å². The average molecular weight is 302 g/mol. The number of hydrogen-bond donors (Lipinski definition) is 1. The van der Waals surface area contributed by atoms with Gasteiger partial charge in [-0.2, -0.15) is 0 Å². The molecule has 0 amide bonds. The Hall–Kier alpha value is 0.140. The molecule has 1 aliphatic rings. The van der Waals surface area contributed by atoms with Crippen LogP contribution >= 0.6 is 27.3 Å². The van der Waals surface area contributed by atoms with Gasteiger partial charge in [-0.25, -0.2) is 0 Å². The van der Waals surface area contributed by atoms with Crippen LogP contribution in [0.5, 0.6) is 0 Å². The van der Waals surface area contributed by atoms with E-state index in [1.54, 1.807) is 0 Å². The van der Waals surface area contributed by atoms with Gasteiger partial charge in [-0.3, -0.25) is 0 Å². The van der Waals surface area contributed by atoms with Crippen LogP contribution in [0.1, 0.15) is 37.5 Å². The largest absolute Gasteiger partial charge is 0.313 e. The highest BCUT2D eigenvalue weighted by molar-refractivity contribution is 9.11. The Bertz CT molecular complexity index is 319. The molecule has 1 nitrogen and oxygen atoms in total. The number of rotatable bonds is 6. The van der Waals surface area contributed by atoms with Crippen LogP contribution in [0.4, 0.5) is 0 Å². The first-order valence-electron chi connectivity index (χ1n) is 6.27. The second-order valence-corrected chi connectivity index (χ2v) is 7.21. The molecule has 16 heavy (non-hydrogen) atoms. The lowest BCUT2D eigenvalue weighted by molar-refractivity contribution is 0.228. The van der Waals surface area contributed by atoms with Gasteiger partial charge < -0.3 is 5.32 Å². The molecular weight excluding hydrogens is 282 g/mol. The fourth-order valence-corrected chi connectivity index (χ4v) is 3.80. The summed E-state index contributed by atoms with van der Waals surface area (Å²) in [6.45, 7) is 3.40. The highest BCUT2D eigenvalue weighted by atomic mass is 79.9. The van der Waals surface area contributed by atoms with Gasteiger partial charge in [0, 0.05) is 10.9 Å². The molecule has 0 aromatic carbocycles. The number of thiophene rings is 1. The van der Waals surface area contributed by atoms with Gasteiger partial charge in [0.15, 0.2) is 0 Å².